The molecule has 2 aromatic heterocycles. The second-order valence-electron chi connectivity index (χ2n) is 9.90. The van der Waals surface area contributed by atoms with Crippen molar-refractivity contribution < 1.29 is 39.5 Å². The van der Waals surface area contributed by atoms with Crippen LogP contribution in [0.25, 0.3) is 39.4 Å². The van der Waals surface area contributed by atoms with Crippen molar-refractivity contribution in [3.8, 4) is 45.1 Å². The molecule has 0 saturated heterocycles. The Morgan fingerprint density at radius 3 is 2.18 bits per heavy atom. The third-order valence-electron chi connectivity index (χ3n) is 6.71. The molecule has 0 fully saturated rings. The molecule has 3 aromatic carbocycles. The fourth-order valence-corrected chi connectivity index (χ4v) is 5.56. The Labute approximate surface area is 249 Å². The van der Waals surface area contributed by atoms with Crippen LogP contribution in [0.4, 0.5) is 22.0 Å². The summed E-state index contributed by atoms with van der Waals surface area (Å²) in [6, 6.07) is 16.8. The summed E-state index contributed by atoms with van der Waals surface area (Å²) >= 11 is 0. The molecule has 0 saturated carbocycles. The first-order chi connectivity index (χ1) is 20.6. The summed E-state index contributed by atoms with van der Waals surface area (Å²) in [4.78, 5) is 8.28. The maximum atomic E-state index is 13.6. The van der Waals surface area contributed by atoms with Crippen LogP contribution in [0.1, 0.15) is 17.4 Å². The molecule has 5 aromatic rings. The highest BCUT2D eigenvalue weighted by Gasteiger charge is 2.35. The molecule has 0 atom stereocenters. The Hall–Kier alpha value is -4.56. The van der Waals surface area contributed by atoms with Gasteiger partial charge in [0.05, 0.1) is 10.6 Å². The van der Waals surface area contributed by atoms with Crippen LogP contribution in [0.2, 0.25) is 0 Å². The van der Waals surface area contributed by atoms with Crippen molar-refractivity contribution in [3.63, 3.8) is 0 Å². The van der Waals surface area contributed by atoms with E-state index < -0.39 is 28.5 Å². The molecule has 0 bridgehead atoms. The molecule has 0 N–H and O–H groups in total. The Kier molecular flexibility index (Phi) is 8.07. The summed E-state index contributed by atoms with van der Waals surface area (Å²) in [7, 11) is -0.929. The lowest BCUT2D eigenvalue weighted by molar-refractivity contribution is -0.141. The number of nitrogens with zero attached hydrogens (tertiary/aromatic N) is 4. The van der Waals surface area contributed by atoms with Gasteiger partial charge >= 0.3 is 12.8 Å². The molecule has 44 heavy (non-hydrogen) atoms. The number of sulfonamides is 1. The van der Waals surface area contributed by atoms with E-state index in [2.05, 4.69) is 14.7 Å². The zero-order valence-electron chi connectivity index (χ0n) is 23.7. The van der Waals surface area contributed by atoms with Crippen molar-refractivity contribution in [3.05, 3.63) is 90.3 Å². The highest BCUT2D eigenvalue weighted by atomic mass is 32.2. The van der Waals surface area contributed by atoms with Gasteiger partial charge in [-0.2, -0.15) is 22.0 Å². The Bertz CT molecular complexity index is 1930. The fourth-order valence-electron chi connectivity index (χ4n) is 4.61. The monoisotopic (exact) mass is 632 g/mol. The normalized spacial score (nSPS) is 12.3. The van der Waals surface area contributed by atoms with E-state index in [1.165, 1.54) is 62.0 Å². The predicted molar refractivity (Wildman–Crippen MR) is 152 cm³/mol. The maximum absolute atomic E-state index is 13.6. The number of rotatable bonds is 8. The number of imidazole rings is 1. The minimum Gasteiger partial charge on any atom is -0.440 e. The minimum atomic E-state index is -4.69. The first-order valence-corrected chi connectivity index (χ1v) is 14.4. The number of benzene rings is 3. The number of halogens is 5. The van der Waals surface area contributed by atoms with Crippen molar-refractivity contribution in [2.24, 2.45) is 0 Å². The summed E-state index contributed by atoms with van der Waals surface area (Å²) in [5.41, 5.74) is 1.31. The van der Waals surface area contributed by atoms with Crippen molar-refractivity contribution in [1.82, 2.24) is 18.8 Å². The van der Waals surface area contributed by atoms with Crippen molar-refractivity contribution >= 4 is 10.0 Å². The molecule has 2 heterocycles. The standard InChI is InChI=1S/C30H25F5N4O4S/c1-17-36-26(30(33,34)35)16-39(17)25-13-10-21(20-6-5-7-23(14-20)44(40,41)38(3)4)15-24(25)27-28(42-18(2)37-27)19-8-11-22(12-9-19)43-29(31)32/h5-16,29H,1-4H3. The Morgan fingerprint density at radius 2 is 1.57 bits per heavy atom. The topological polar surface area (TPSA) is 90.5 Å². The molecule has 5 rings (SSSR count). The van der Waals surface area contributed by atoms with E-state index in [0.29, 0.717) is 27.9 Å². The molecule has 0 amide bonds. The molecule has 8 nitrogen and oxygen atoms in total. The van der Waals surface area contributed by atoms with Gasteiger partial charge in [-0.05, 0) is 66.6 Å². The van der Waals surface area contributed by atoms with Gasteiger partial charge in [-0.3, -0.25) is 0 Å². The van der Waals surface area contributed by atoms with Crippen molar-refractivity contribution in [2.45, 2.75) is 31.5 Å². The number of hydrogen-bond acceptors (Lipinski definition) is 6. The van der Waals surface area contributed by atoms with Crippen LogP contribution < -0.4 is 4.74 Å². The Morgan fingerprint density at radius 1 is 0.909 bits per heavy atom. The van der Waals surface area contributed by atoms with Gasteiger partial charge in [-0.1, -0.05) is 18.2 Å². The first kappa shape index (κ1) is 30.9. The zero-order chi connectivity index (χ0) is 32.0. The van der Waals surface area contributed by atoms with Gasteiger partial charge < -0.3 is 13.7 Å². The third-order valence-corrected chi connectivity index (χ3v) is 8.52. The smallest absolute Gasteiger partial charge is 0.434 e. The molecule has 0 aliphatic rings. The van der Waals surface area contributed by atoms with Gasteiger partial charge in [-0.15, -0.1) is 0 Å². The van der Waals surface area contributed by atoms with Crippen LogP contribution in [0.3, 0.4) is 0 Å². The van der Waals surface area contributed by atoms with E-state index in [9.17, 15) is 30.4 Å². The lowest BCUT2D eigenvalue weighted by Crippen LogP contribution is -2.22. The highest BCUT2D eigenvalue weighted by Crippen LogP contribution is 2.40. The summed E-state index contributed by atoms with van der Waals surface area (Å²) < 4.78 is 104. The summed E-state index contributed by atoms with van der Waals surface area (Å²) in [6.45, 7) is 0.00420. The van der Waals surface area contributed by atoms with Crippen LogP contribution in [0.15, 0.2) is 82.2 Å². The number of hydrogen-bond donors (Lipinski definition) is 0. The molecule has 0 aliphatic heterocycles. The SMILES string of the molecule is Cc1nc(-c2cc(-c3cccc(S(=O)(=O)N(C)C)c3)ccc2-n2cc(C(F)(F)F)nc2C)c(-c2ccc(OC(F)F)cc2)o1. The van der Waals surface area contributed by atoms with E-state index in [0.717, 1.165) is 10.5 Å². The quantitative estimate of drug-likeness (QED) is 0.166. The average molecular weight is 633 g/mol. The summed E-state index contributed by atoms with van der Waals surface area (Å²) in [5.74, 6) is 0.435. The lowest BCUT2D eigenvalue weighted by atomic mass is 9.98. The molecular weight excluding hydrogens is 607 g/mol. The van der Waals surface area contributed by atoms with Gasteiger partial charge in [0.25, 0.3) is 0 Å². The lowest BCUT2D eigenvalue weighted by Gasteiger charge is -2.15. The fraction of sp³-hybridized carbons (Fsp3) is 0.200. The average Bonchev–Trinajstić information content (AvgIpc) is 3.55. The molecule has 230 valence electrons. The van der Waals surface area contributed by atoms with E-state index in [1.54, 1.807) is 37.3 Å². The van der Waals surface area contributed by atoms with Crippen molar-refractivity contribution in [1.29, 1.82) is 0 Å². The Balaban J connectivity index is 1.72. The molecule has 14 heteroatoms. The summed E-state index contributed by atoms with van der Waals surface area (Å²) in [5, 5.41) is 0. The third kappa shape index (κ3) is 6.08. The molecular formula is C30H25F5N4O4S. The molecule has 0 spiro atoms. The number of alkyl halides is 5. The molecule has 0 aliphatic carbocycles. The largest absolute Gasteiger partial charge is 0.440 e. The second-order valence-corrected chi connectivity index (χ2v) is 12.1. The zero-order valence-corrected chi connectivity index (χ0v) is 24.5. The van der Waals surface area contributed by atoms with E-state index in [4.69, 9.17) is 4.42 Å². The first-order valence-electron chi connectivity index (χ1n) is 13.0. The van der Waals surface area contributed by atoms with Crippen LogP contribution in [0, 0.1) is 13.8 Å². The van der Waals surface area contributed by atoms with E-state index >= 15 is 0 Å². The number of aromatic nitrogens is 3. The van der Waals surface area contributed by atoms with Gasteiger partial charge in [-0.25, -0.2) is 22.7 Å². The molecule has 0 unspecified atom stereocenters. The van der Waals surface area contributed by atoms with E-state index in [1.807, 2.05) is 0 Å². The second kappa shape index (κ2) is 11.5. The van der Waals surface area contributed by atoms with Crippen molar-refractivity contribution in [2.75, 3.05) is 14.1 Å². The van der Waals surface area contributed by atoms with Gasteiger partial charge in [0.1, 0.15) is 17.3 Å². The summed E-state index contributed by atoms with van der Waals surface area (Å²) in [6.07, 6.45) is -3.81. The van der Waals surface area contributed by atoms with E-state index in [-0.39, 0.29) is 33.8 Å². The van der Waals surface area contributed by atoms with Gasteiger partial charge in [0.15, 0.2) is 17.3 Å². The van der Waals surface area contributed by atoms with Gasteiger partial charge in [0.2, 0.25) is 10.0 Å². The van der Waals surface area contributed by atoms with Crippen LogP contribution in [0.5, 0.6) is 5.75 Å². The van der Waals surface area contributed by atoms with Gasteiger partial charge in [0, 0.05) is 38.3 Å². The minimum absolute atomic E-state index is 0.0509. The predicted octanol–water partition coefficient (Wildman–Crippen LogP) is 7.35. The number of aryl methyl sites for hydroxylation is 2. The van der Waals surface area contributed by atoms with Crippen LogP contribution >= 0.6 is 0 Å². The maximum Gasteiger partial charge on any atom is 0.434 e. The van der Waals surface area contributed by atoms with Crippen LogP contribution in [-0.4, -0.2) is 48.0 Å². The number of oxazole rings is 1. The highest BCUT2D eigenvalue weighted by molar-refractivity contribution is 7.89. The number of ether oxygens (including phenoxy) is 1. The van der Waals surface area contributed by atoms with Crippen LogP contribution in [-0.2, 0) is 16.2 Å². The molecule has 0 radical (unpaired) electrons.